The van der Waals surface area contributed by atoms with Gasteiger partial charge in [-0.3, -0.25) is 9.79 Å². The Labute approximate surface area is 163 Å². The predicted molar refractivity (Wildman–Crippen MR) is 109 cm³/mol. The lowest BCUT2D eigenvalue weighted by molar-refractivity contribution is -0.115. The number of anilines is 1. The van der Waals surface area contributed by atoms with Crippen LogP contribution in [0.2, 0.25) is 5.02 Å². The van der Waals surface area contributed by atoms with E-state index in [1.54, 1.807) is 11.3 Å². The fourth-order valence-electron chi connectivity index (χ4n) is 3.30. The Bertz CT molecular complexity index is 832. The molecule has 6 heteroatoms. The van der Waals surface area contributed by atoms with Gasteiger partial charge in [0.05, 0.1) is 23.2 Å². The van der Waals surface area contributed by atoms with Gasteiger partial charge in [-0.2, -0.15) is 0 Å². The van der Waals surface area contributed by atoms with Gasteiger partial charge in [0.15, 0.2) is 4.80 Å². The molecule has 4 nitrogen and oxygen atoms in total. The van der Waals surface area contributed by atoms with Gasteiger partial charge in [-0.15, -0.1) is 11.3 Å². The number of carbonyl (C=O) groups excluding carboxylic acids is 1. The van der Waals surface area contributed by atoms with Gasteiger partial charge in [0.2, 0.25) is 5.91 Å². The minimum atomic E-state index is -0.0647. The summed E-state index contributed by atoms with van der Waals surface area (Å²) in [7, 11) is 1.99. The van der Waals surface area contributed by atoms with E-state index in [-0.39, 0.29) is 5.91 Å². The third-order valence-electron chi connectivity index (χ3n) is 4.88. The van der Waals surface area contributed by atoms with Crippen LogP contribution in [0.25, 0.3) is 0 Å². The maximum atomic E-state index is 12.4. The van der Waals surface area contributed by atoms with E-state index in [9.17, 15) is 4.79 Å². The Kier molecular flexibility index (Phi) is 6.54. The lowest BCUT2D eigenvalue weighted by Gasteiger charge is -2.09. The monoisotopic (exact) mass is 391 g/mol. The molecule has 2 aromatic rings. The highest BCUT2D eigenvalue weighted by molar-refractivity contribution is 7.07. The Balaban J connectivity index is 1.68. The molecule has 3 rings (SSSR count). The molecule has 1 saturated carbocycles. The van der Waals surface area contributed by atoms with E-state index in [1.807, 2.05) is 42.1 Å². The number of halogens is 1. The van der Waals surface area contributed by atoms with Crippen LogP contribution in [0, 0.1) is 6.92 Å². The quantitative estimate of drug-likeness (QED) is 0.743. The largest absolute Gasteiger partial charge is 0.324 e. The standard InChI is InChI=1S/C20H26ClN3OS/c1-14-9-10-18(17(21)11-14)23-19(25)12-16-13-26-20(24(16)2)22-15-7-5-3-4-6-8-15/h9-11,13,15H,3-8,12H2,1-2H3,(H,23,25). The van der Waals surface area contributed by atoms with Gasteiger partial charge < -0.3 is 9.88 Å². The van der Waals surface area contributed by atoms with Crippen LogP contribution in [0.15, 0.2) is 28.6 Å². The lowest BCUT2D eigenvalue weighted by Crippen LogP contribution is -2.21. The molecule has 0 aliphatic heterocycles. The topological polar surface area (TPSA) is 46.4 Å². The Hall–Kier alpha value is -1.59. The zero-order valence-electron chi connectivity index (χ0n) is 15.4. The summed E-state index contributed by atoms with van der Waals surface area (Å²) in [6.45, 7) is 1.97. The van der Waals surface area contributed by atoms with Crippen LogP contribution in [0.1, 0.15) is 49.8 Å². The number of aromatic nitrogens is 1. The molecule has 1 N–H and O–H groups in total. The molecule has 1 amide bonds. The van der Waals surface area contributed by atoms with Crippen molar-refractivity contribution in [3.63, 3.8) is 0 Å². The second-order valence-corrected chi connectivity index (χ2v) is 8.30. The number of carbonyl (C=O) groups is 1. The molecule has 26 heavy (non-hydrogen) atoms. The van der Waals surface area contributed by atoms with Crippen molar-refractivity contribution in [1.29, 1.82) is 0 Å². The summed E-state index contributed by atoms with van der Waals surface area (Å²) in [5.74, 6) is -0.0647. The minimum Gasteiger partial charge on any atom is -0.324 e. The molecule has 0 saturated heterocycles. The molecular weight excluding hydrogens is 366 g/mol. The van der Waals surface area contributed by atoms with E-state index in [0.29, 0.717) is 23.2 Å². The second-order valence-electron chi connectivity index (χ2n) is 7.05. The van der Waals surface area contributed by atoms with Gasteiger partial charge in [-0.05, 0) is 37.5 Å². The zero-order chi connectivity index (χ0) is 18.5. The summed E-state index contributed by atoms with van der Waals surface area (Å²) in [4.78, 5) is 18.4. The molecule has 0 atom stereocenters. The van der Waals surface area contributed by atoms with Crippen molar-refractivity contribution >= 4 is 34.5 Å². The molecule has 1 aromatic heterocycles. The fourth-order valence-corrected chi connectivity index (χ4v) is 4.55. The summed E-state index contributed by atoms with van der Waals surface area (Å²) in [6, 6.07) is 6.06. The van der Waals surface area contributed by atoms with Gasteiger partial charge >= 0.3 is 0 Å². The maximum absolute atomic E-state index is 12.4. The van der Waals surface area contributed by atoms with E-state index in [2.05, 4.69) is 5.32 Å². The number of hydrogen-bond donors (Lipinski definition) is 1. The molecule has 0 bridgehead atoms. The number of hydrogen-bond acceptors (Lipinski definition) is 3. The number of nitrogens with one attached hydrogen (secondary N) is 1. The highest BCUT2D eigenvalue weighted by atomic mass is 35.5. The molecule has 1 aliphatic rings. The van der Waals surface area contributed by atoms with E-state index < -0.39 is 0 Å². The van der Waals surface area contributed by atoms with Crippen molar-refractivity contribution in [3.05, 3.63) is 44.7 Å². The van der Waals surface area contributed by atoms with Crippen LogP contribution in [0.3, 0.4) is 0 Å². The molecule has 140 valence electrons. The average Bonchev–Trinajstić information content (AvgIpc) is 2.80. The van der Waals surface area contributed by atoms with Crippen LogP contribution in [0.5, 0.6) is 0 Å². The van der Waals surface area contributed by atoms with Gasteiger partial charge in [0.1, 0.15) is 0 Å². The molecular formula is C20H26ClN3OS. The number of benzene rings is 1. The number of nitrogens with zero attached hydrogens (tertiary/aromatic N) is 2. The van der Waals surface area contributed by atoms with Crippen LogP contribution in [-0.4, -0.2) is 16.5 Å². The van der Waals surface area contributed by atoms with Crippen molar-refractivity contribution in [1.82, 2.24) is 4.57 Å². The van der Waals surface area contributed by atoms with Crippen molar-refractivity contribution in [2.75, 3.05) is 5.32 Å². The van der Waals surface area contributed by atoms with Crippen LogP contribution in [0.4, 0.5) is 5.69 Å². The normalized spacial score (nSPS) is 16.5. The summed E-state index contributed by atoms with van der Waals surface area (Å²) in [5.41, 5.74) is 2.70. The average molecular weight is 392 g/mol. The predicted octanol–water partition coefficient (Wildman–Crippen LogP) is 4.85. The Morgan fingerprint density at radius 2 is 2.04 bits per heavy atom. The van der Waals surface area contributed by atoms with Crippen LogP contribution in [-0.2, 0) is 18.3 Å². The van der Waals surface area contributed by atoms with Crippen molar-refractivity contribution in [2.45, 2.75) is 57.9 Å². The summed E-state index contributed by atoms with van der Waals surface area (Å²) < 4.78 is 2.05. The first-order valence-electron chi connectivity index (χ1n) is 9.26. The molecule has 1 aliphatic carbocycles. The third kappa shape index (κ3) is 4.98. The van der Waals surface area contributed by atoms with Crippen molar-refractivity contribution in [3.8, 4) is 0 Å². The van der Waals surface area contributed by atoms with Gasteiger partial charge in [-0.1, -0.05) is 43.4 Å². The number of rotatable bonds is 4. The fraction of sp³-hybridized carbons (Fsp3) is 0.500. The number of amides is 1. The van der Waals surface area contributed by atoms with Gasteiger partial charge in [0, 0.05) is 18.1 Å². The summed E-state index contributed by atoms with van der Waals surface area (Å²) in [5, 5.41) is 5.50. The maximum Gasteiger partial charge on any atom is 0.230 e. The van der Waals surface area contributed by atoms with Crippen molar-refractivity contribution in [2.24, 2.45) is 12.0 Å². The van der Waals surface area contributed by atoms with E-state index >= 15 is 0 Å². The highest BCUT2D eigenvalue weighted by Crippen LogP contribution is 2.23. The molecule has 1 aromatic carbocycles. The first-order valence-corrected chi connectivity index (χ1v) is 10.5. The first-order chi connectivity index (χ1) is 12.5. The number of aryl methyl sites for hydroxylation is 1. The van der Waals surface area contributed by atoms with Gasteiger partial charge in [-0.25, -0.2) is 0 Å². The van der Waals surface area contributed by atoms with Crippen LogP contribution < -0.4 is 10.1 Å². The smallest absolute Gasteiger partial charge is 0.230 e. The summed E-state index contributed by atoms with van der Waals surface area (Å²) in [6.07, 6.45) is 7.88. The Morgan fingerprint density at radius 3 is 2.73 bits per heavy atom. The zero-order valence-corrected chi connectivity index (χ0v) is 17.0. The SMILES string of the molecule is Cc1ccc(NC(=O)Cc2csc(=NC3CCCCCC3)n2C)c(Cl)c1. The van der Waals surface area contributed by atoms with E-state index in [1.165, 1.54) is 38.5 Å². The lowest BCUT2D eigenvalue weighted by atomic mass is 10.1. The van der Waals surface area contributed by atoms with E-state index in [0.717, 1.165) is 16.1 Å². The minimum absolute atomic E-state index is 0.0647. The number of thiazole rings is 1. The third-order valence-corrected chi connectivity index (χ3v) is 6.17. The Morgan fingerprint density at radius 1 is 1.31 bits per heavy atom. The molecule has 0 spiro atoms. The van der Waals surface area contributed by atoms with Crippen molar-refractivity contribution < 1.29 is 4.79 Å². The molecule has 1 heterocycles. The molecule has 0 unspecified atom stereocenters. The van der Waals surface area contributed by atoms with E-state index in [4.69, 9.17) is 16.6 Å². The first kappa shape index (κ1) is 19.2. The molecule has 1 fully saturated rings. The second kappa shape index (κ2) is 8.87. The molecule has 0 radical (unpaired) electrons. The van der Waals surface area contributed by atoms with Crippen LogP contribution >= 0.6 is 22.9 Å². The highest BCUT2D eigenvalue weighted by Gasteiger charge is 2.13. The van der Waals surface area contributed by atoms with Gasteiger partial charge in [0.25, 0.3) is 0 Å². The summed E-state index contributed by atoms with van der Waals surface area (Å²) >= 11 is 7.82.